The van der Waals surface area contributed by atoms with Crippen LogP contribution in [0.15, 0.2) is 83.3 Å². The highest BCUT2D eigenvalue weighted by molar-refractivity contribution is 6.04. The Morgan fingerprint density at radius 1 is 0.833 bits per heavy atom. The Kier molecular flexibility index (Phi) is 3.56. The van der Waals surface area contributed by atoms with Crippen molar-refractivity contribution in [2.24, 2.45) is 0 Å². The van der Waals surface area contributed by atoms with Gasteiger partial charge < -0.3 is 9.73 Å². The number of hydrogen-bond donors (Lipinski definition) is 1. The molecule has 116 valence electrons. The van der Waals surface area contributed by atoms with Crippen LogP contribution in [0.1, 0.15) is 10.4 Å². The summed E-state index contributed by atoms with van der Waals surface area (Å²) in [5, 5.41) is 2.86. The number of anilines is 1. The third-order valence-electron chi connectivity index (χ3n) is 3.72. The first-order valence-corrected chi connectivity index (χ1v) is 7.62. The molecule has 1 amide bonds. The first kappa shape index (κ1) is 14.2. The summed E-state index contributed by atoms with van der Waals surface area (Å²) in [4.78, 5) is 16.7. The van der Waals surface area contributed by atoms with Crippen LogP contribution >= 0.6 is 0 Å². The first-order chi connectivity index (χ1) is 11.8. The maximum absolute atomic E-state index is 12.3. The van der Waals surface area contributed by atoms with Crippen LogP contribution in [0.2, 0.25) is 0 Å². The van der Waals surface area contributed by atoms with Gasteiger partial charge in [0.2, 0.25) is 5.89 Å². The molecule has 1 N–H and O–H groups in total. The van der Waals surface area contributed by atoms with E-state index in [2.05, 4.69) is 10.3 Å². The first-order valence-electron chi connectivity index (χ1n) is 7.62. The largest absolute Gasteiger partial charge is 0.436 e. The van der Waals surface area contributed by atoms with E-state index in [1.165, 1.54) is 0 Å². The van der Waals surface area contributed by atoms with Crippen molar-refractivity contribution in [2.75, 3.05) is 5.32 Å². The van der Waals surface area contributed by atoms with Gasteiger partial charge in [0.05, 0.1) is 0 Å². The van der Waals surface area contributed by atoms with Crippen molar-refractivity contribution in [2.45, 2.75) is 0 Å². The average Bonchev–Trinajstić information content (AvgIpc) is 3.07. The van der Waals surface area contributed by atoms with Gasteiger partial charge >= 0.3 is 0 Å². The normalized spacial score (nSPS) is 10.7. The smallest absolute Gasteiger partial charge is 0.255 e. The summed E-state index contributed by atoms with van der Waals surface area (Å²) in [6, 6.07) is 24.2. The quantitative estimate of drug-likeness (QED) is 0.594. The van der Waals surface area contributed by atoms with E-state index in [0.717, 1.165) is 22.4 Å². The fraction of sp³-hybridized carbons (Fsp3) is 0. The van der Waals surface area contributed by atoms with Gasteiger partial charge in [-0.05, 0) is 48.5 Å². The number of oxazole rings is 1. The number of para-hydroxylation sites is 3. The lowest BCUT2D eigenvalue weighted by Gasteiger charge is -2.05. The number of nitrogens with one attached hydrogen (secondary N) is 1. The zero-order valence-electron chi connectivity index (χ0n) is 12.8. The Morgan fingerprint density at radius 3 is 2.29 bits per heavy atom. The summed E-state index contributed by atoms with van der Waals surface area (Å²) < 4.78 is 5.74. The summed E-state index contributed by atoms with van der Waals surface area (Å²) in [6.45, 7) is 0. The van der Waals surface area contributed by atoms with Gasteiger partial charge in [-0.2, -0.15) is 0 Å². The van der Waals surface area contributed by atoms with E-state index in [1.807, 2.05) is 66.7 Å². The van der Waals surface area contributed by atoms with Crippen LogP contribution in [0.5, 0.6) is 0 Å². The fourth-order valence-corrected chi connectivity index (χ4v) is 2.48. The lowest BCUT2D eigenvalue weighted by molar-refractivity contribution is 0.102. The van der Waals surface area contributed by atoms with Crippen molar-refractivity contribution in [3.8, 4) is 11.5 Å². The predicted molar refractivity (Wildman–Crippen MR) is 93.8 cm³/mol. The van der Waals surface area contributed by atoms with Crippen molar-refractivity contribution >= 4 is 22.7 Å². The molecule has 0 saturated heterocycles. The topological polar surface area (TPSA) is 55.1 Å². The van der Waals surface area contributed by atoms with E-state index < -0.39 is 0 Å². The van der Waals surface area contributed by atoms with E-state index in [4.69, 9.17) is 4.42 Å². The molecule has 0 fully saturated rings. The summed E-state index contributed by atoms with van der Waals surface area (Å²) in [7, 11) is 0. The van der Waals surface area contributed by atoms with Crippen LogP contribution in [0.4, 0.5) is 5.69 Å². The van der Waals surface area contributed by atoms with Crippen LogP contribution in [0.25, 0.3) is 22.6 Å². The number of carbonyl (C=O) groups is 1. The molecule has 4 rings (SSSR count). The van der Waals surface area contributed by atoms with Gasteiger partial charge in [0.15, 0.2) is 5.58 Å². The van der Waals surface area contributed by atoms with E-state index >= 15 is 0 Å². The molecular formula is C20H14N2O2. The van der Waals surface area contributed by atoms with Crippen LogP contribution in [-0.2, 0) is 0 Å². The van der Waals surface area contributed by atoms with Crippen molar-refractivity contribution in [1.82, 2.24) is 4.98 Å². The predicted octanol–water partition coefficient (Wildman–Crippen LogP) is 4.75. The second-order valence-electron chi connectivity index (χ2n) is 5.38. The van der Waals surface area contributed by atoms with Gasteiger partial charge in [-0.1, -0.05) is 30.3 Å². The Labute approximate surface area is 138 Å². The second-order valence-corrected chi connectivity index (χ2v) is 5.38. The van der Waals surface area contributed by atoms with Crippen LogP contribution in [0.3, 0.4) is 0 Å². The Bertz CT molecular complexity index is 956. The minimum absolute atomic E-state index is 0.148. The fourth-order valence-electron chi connectivity index (χ4n) is 2.48. The van der Waals surface area contributed by atoms with Gasteiger partial charge in [0, 0.05) is 16.8 Å². The van der Waals surface area contributed by atoms with Crippen molar-refractivity contribution < 1.29 is 9.21 Å². The molecule has 4 aromatic rings. The molecule has 0 aliphatic rings. The number of nitrogens with zero attached hydrogens (tertiary/aromatic N) is 1. The summed E-state index contributed by atoms with van der Waals surface area (Å²) in [5.74, 6) is 0.400. The van der Waals surface area contributed by atoms with Gasteiger partial charge in [-0.15, -0.1) is 0 Å². The van der Waals surface area contributed by atoms with Crippen molar-refractivity contribution in [1.29, 1.82) is 0 Å². The monoisotopic (exact) mass is 314 g/mol. The van der Waals surface area contributed by atoms with E-state index in [1.54, 1.807) is 12.1 Å². The van der Waals surface area contributed by atoms with E-state index in [0.29, 0.717) is 11.5 Å². The molecule has 0 aliphatic carbocycles. The Hall–Kier alpha value is -3.40. The van der Waals surface area contributed by atoms with Crippen molar-refractivity contribution in [3.63, 3.8) is 0 Å². The van der Waals surface area contributed by atoms with Crippen LogP contribution in [0, 0.1) is 0 Å². The standard InChI is InChI=1S/C20H14N2O2/c23-19(21-16-6-2-1-3-7-16)14-10-12-15(13-11-14)20-22-17-8-4-5-9-18(17)24-20/h1-13H,(H,21,23). The van der Waals surface area contributed by atoms with Gasteiger partial charge in [-0.25, -0.2) is 4.98 Å². The van der Waals surface area contributed by atoms with E-state index in [9.17, 15) is 4.79 Å². The number of aromatic nitrogens is 1. The highest BCUT2D eigenvalue weighted by Crippen LogP contribution is 2.24. The molecule has 0 atom stereocenters. The van der Waals surface area contributed by atoms with Crippen LogP contribution < -0.4 is 5.32 Å². The third kappa shape index (κ3) is 2.77. The highest BCUT2D eigenvalue weighted by Gasteiger charge is 2.10. The SMILES string of the molecule is O=C(Nc1ccccc1)c1ccc(-c2nc3ccccc3o2)cc1. The molecule has 0 aliphatic heterocycles. The number of amides is 1. The summed E-state index contributed by atoms with van der Waals surface area (Å²) >= 11 is 0. The minimum atomic E-state index is -0.148. The molecule has 1 aromatic heterocycles. The van der Waals surface area contributed by atoms with Gasteiger partial charge in [-0.3, -0.25) is 4.79 Å². The molecule has 0 spiro atoms. The van der Waals surface area contributed by atoms with Crippen molar-refractivity contribution in [3.05, 3.63) is 84.4 Å². The van der Waals surface area contributed by atoms with Gasteiger partial charge in [0.25, 0.3) is 5.91 Å². The molecule has 0 radical (unpaired) electrons. The average molecular weight is 314 g/mol. The molecule has 4 nitrogen and oxygen atoms in total. The third-order valence-corrected chi connectivity index (χ3v) is 3.72. The molecule has 3 aromatic carbocycles. The molecular weight excluding hydrogens is 300 g/mol. The lowest BCUT2D eigenvalue weighted by atomic mass is 10.1. The molecule has 0 unspecified atom stereocenters. The minimum Gasteiger partial charge on any atom is -0.436 e. The zero-order chi connectivity index (χ0) is 16.4. The Morgan fingerprint density at radius 2 is 1.54 bits per heavy atom. The molecule has 0 bridgehead atoms. The number of carbonyl (C=O) groups excluding carboxylic acids is 1. The zero-order valence-corrected chi connectivity index (χ0v) is 12.8. The molecule has 1 heterocycles. The number of hydrogen-bond acceptors (Lipinski definition) is 3. The highest BCUT2D eigenvalue weighted by atomic mass is 16.3. The maximum Gasteiger partial charge on any atom is 0.255 e. The summed E-state index contributed by atoms with van der Waals surface area (Å²) in [6.07, 6.45) is 0. The summed E-state index contributed by atoms with van der Waals surface area (Å²) in [5.41, 5.74) is 3.75. The lowest BCUT2D eigenvalue weighted by Crippen LogP contribution is -2.11. The maximum atomic E-state index is 12.3. The number of fused-ring (bicyclic) bond motifs is 1. The molecule has 0 saturated carbocycles. The second kappa shape index (κ2) is 6.01. The Balaban J connectivity index is 1.57. The van der Waals surface area contributed by atoms with E-state index in [-0.39, 0.29) is 5.91 Å². The molecule has 24 heavy (non-hydrogen) atoms. The van der Waals surface area contributed by atoms with Crippen LogP contribution in [-0.4, -0.2) is 10.9 Å². The number of benzene rings is 3. The number of rotatable bonds is 3. The molecule has 4 heteroatoms. The van der Waals surface area contributed by atoms with Gasteiger partial charge in [0.1, 0.15) is 5.52 Å².